The van der Waals surface area contributed by atoms with E-state index in [2.05, 4.69) is 74.3 Å². The third kappa shape index (κ3) is 3.58. The Bertz CT molecular complexity index is 635. The lowest BCUT2D eigenvalue weighted by atomic mass is 10.00. The molecule has 0 spiro atoms. The number of rotatable bonds is 5. The van der Waals surface area contributed by atoms with E-state index in [0.29, 0.717) is 0 Å². The number of likely N-dealkylation sites (N-methyl/N-ethyl adjacent to an activating group) is 1. The van der Waals surface area contributed by atoms with Crippen molar-refractivity contribution in [2.24, 2.45) is 7.05 Å². The van der Waals surface area contributed by atoms with Crippen molar-refractivity contribution in [2.45, 2.75) is 33.2 Å². The van der Waals surface area contributed by atoms with Gasteiger partial charge in [0.15, 0.2) is 0 Å². The first-order valence-electron chi connectivity index (χ1n) is 7.12. The number of aryl methyl sites for hydroxylation is 3. The summed E-state index contributed by atoms with van der Waals surface area (Å²) in [7, 11) is 2.00. The van der Waals surface area contributed by atoms with E-state index < -0.39 is 0 Å². The van der Waals surface area contributed by atoms with Gasteiger partial charge in [0.05, 0.1) is 15.9 Å². The van der Waals surface area contributed by atoms with Crippen LogP contribution in [0.2, 0.25) is 0 Å². The van der Waals surface area contributed by atoms with E-state index in [1.165, 1.54) is 21.3 Å². The van der Waals surface area contributed by atoms with Crippen LogP contribution in [0.3, 0.4) is 0 Å². The highest BCUT2D eigenvalue weighted by atomic mass is 79.9. The van der Waals surface area contributed by atoms with Gasteiger partial charge in [-0.15, -0.1) is 0 Å². The minimum atomic E-state index is 0.260. The summed E-state index contributed by atoms with van der Waals surface area (Å²) in [6, 6.07) is 6.68. The molecule has 2 aromatic rings. The Morgan fingerprint density at radius 3 is 2.52 bits per heavy atom. The first kappa shape index (κ1) is 16.7. The molecule has 0 radical (unpaired) electrons. The molecule has 0 saturated carbocycles. The van der Waals surface area contributed by atoms with Crippen molar-refractivity contribution < 1.29 is 0 Å². The van der Waals surface area contributed by atoms with Crippen molar-refractivity contribution in [1.29, 1.82) is 0 Å². The summed E-state index contributed by atoms with van der Waals surface area (Å²) in [6.07, 6.45) is 0.897. The van der Waals surface area contributed by atoms with Crippen LogP contribution in [0.25, 0.3) is 0 Å². The van der Waals surface area contributed by atoms with E-state index in [9.17, 15) is 0 Å². The molecular formula is C16H21Br2N3. The first-order valence-corrected chi connectivity index (χ1v) is 8.70. The molecule has 1 unspecified atom stereocenters. The summed E-state index contributed by atoms with van der Waals surface area (Å²) in [5, 5.41) is 8.07. The molecule has 0 amide bonds. The predicted molar refractivity (Wildman–Crippen MR) is 94.6 cm³/mol. The average molecular weight is 415 g/mol. The van der Waals surface area contributed by atoms with Crippen molar-refractivity contribution in [2.75, 3.05) is 6.54 Å². The van der Waals surface area contributed by atoms with Gasteiger partial charge in [-0.05, 0) is 47.4 Å². The van der Waals surface area contributed by atoms with E-state index in [0.717, 1.165) is 23.1 Å². The molecule has 0 fully saturated rings. The highest BCUT2D eigenvalue weighted by molar-refractivity contribution is 9.10. The van der Waals surface area contributed by atoms with Crippen LogP contribution in [-0.4, -0.2) is 16.3 Å². The summed E-state index contributed by atoms with van der Waals surface area (Å²) in [5.74, 6) is 0. The lowest BCUT2D eigenvalue weighted by Gasteiger charge is -2.21. The molecule has 5 heteroatoms. The van der Waals surface area contributed by atoms with Crippen LogP contribution < -0.4 is 5.32 Å². The molecule has 0 aliphatic heterocycles. The Balaban J connectivity index is 2.38. The van der Waals surface area contributed by atoms with Gasteiger partial charge in [0.2, 0.25) is 0 Å². The molecule has 2 rings (SSSR count). The Morgan fingerprint density at radius 1 is 1.24 bits per heavy atom. The Labute approximate surface area is 143 Å². The average Bonchev–Trinajstić information content (AvgIpc) is 2.68. The van der Waals surface area contributed by atoms with E-state index >= 15 is 0 Å². The van der Waals surface area contributed by atoms with Crippen molar-refractivity contribution in [1.82, 2.24) is 15.1 Å². The van der Waals surface area contributed by atoms with Crippen LogP contribution >= 0.6 is 31.9 Å². The molecule has 1 atom stereocenters. The number of hydrogen-bond donors (Lipinski definition) is 1. The highest BCUT2D eigenvalue weighted by Crippen LogP contribution is 2.31. The zero-order chi connectivity index (χ0) is 15.6. The van der Waals surface area contributed by atoms with Gasteiger partial charge >= 0.3 is 0 Å². The maximum absolute atomic E-state index is 4.49. The standard InChI is InChI=1S/C16H21Br2N3/c1-5-19-13(12-8-6-7-10(2)15(12)17)9-14-16(18)11(3)20-21(14)4/h6-8,13,19H,5,9H2,1-4H3. The molecule has 0 aliphatic carbocycles. The van der Waals surface area contributed by atoms with E-state index in [1.807, 2.05) is 18.7 Å². The van der Waals surface area contributed by atoms with Gasteiger partial charge in [-0.1, -0.05) is 41.1 Å². The number of benzene rings is 1. The van der Waals surface area contributed by atoms with Gasteiger partial charge in [0.25, 0.3) is 0 Å². The zero-order valence-electron chi connectivity index (χ0n) is 12.9. The second kappa shape index (κ2) is 7.07. The largest absolute Gasteiger partial charge is 0.310 e. The fraction of sp³-hybridized carbons (Fsp3) is 0.438. The van der Waals surface area contributed by atoms with Gasteiger partial charge in [0, 0.05) is 24.0 Å². The second-order valence-electron chi connectivity index (χ2n) is 5.26. The number of nitrogens with zero attached hydrogens (tertiary/aromatic N) is 2. The summed E-state index contributed by atoms with van der Waals surface area (Å²) in [6.45, 7) is 7.22. The normalized spacial score (nSPS) is 12.7. The molecule has 1 aromatic heterocycles. The van der Waals surface area contributed by atoms with Crippen molar-refractivity contribution >= 4 is 31.9 Å². The number of hydrogen-bond acceptors (Lipinski definition) is 2. The molecule has 0 aliphatic rings. The maximum atomic E-state index is 4.49. The molecule has 0 bridgehead atoms. The second-order valence-corrected chi connectivity index (χ2v) is 6.85. The fourth-order valence-corrected chi connectivity index (χ4v) is 3.61. The first-order chi connectivity index (χ1) is 9.95. The van der Waals surface area contributed by atoms with Crippen LogP contribution in [0, 0.1) is 13.8 Å². The molecule has 0 saturated heterocycles. The van der Waals surface area contributed by atoms with Crippen LogP contribution in [0.15, 0.2) is 27.1 Å². The van der Waals surface area contributed by atoms with Crippen LogP contribution in [0.1, 0.15) is 35.5 Å². The van der Waals surface area contributed by atoms with Crippen LogP contribution in [0.4, 0.5) is 0 Å². The Hall–Kier alpha value is -0.650. The third-order valence-electron chi connectivity index (χ3n) is 3.71. The Morgan fingerprint density at radius 2 is 1.95 bits per heavy atom. The lowest BCUT2D eigenvalue weighted by Crippen LogP contribution is -2.24. The van der Waals surface area contributed by atoms with Crippen molar-refractivity contribution in [3.63, 3.8) is 0 Å². The molecule has 21 heavy (non-hydrogen) atoms. The van der Waals surface area contributed by atoms with E-state index in [1.54, 1.807) is 0 Å². The minimum absolute atomic E-state index is 0.260. The predicted octanol–water partition coefficient (Wildman–Crippen LogP) is 4.46. The van der Waals surface area contributed by atoms with Gasteiger partial charge in [0.1, 0.15) is 0 Å². The number of aromatic nitrogens is 2. The molecular weight excluding hydrogens is 394 g/mol. The van der Waals surface area contributed by atoms with E-state index in [4.69, 9.17) is 0 Å². The smallest absolute Gasteiger partial charge is 0.0738 e. The van der Waals surface area contributed by atoms with Crippen molar-refractivity contribution in [3.8, 4) is 0 Å². The number of nitrogens with one attached hydrogen (secondary N) is 1. The fourth-order valence-electron chi connectivity index (χ4n) is 2.57. The van der Waals surface area contributed by atoms with E-state index in [-0.39, 0.29) is 6.04 Å². The molecule has 3 nitrogen and oxygen atoms in total. The van der Waals surface area contributed by atoms with Crippen molar-refractivity contribution in [3.05, 3.63) is 49.7 Å². The molecule has 1 heterocycles. The van der Waals surface area contributed by atoms with Gasteiger partial charge in [-0.2, -0.15) is 5.10 Å². The molecule has 1 N–H and O–H groups in total. The summed E-state index contributed by atoms with van der Waals surface area (Å²) < 4.78 is 4.26. The monoisotopic (exact) mass is 413 g/mol. The SMILES string of the molecule is CCNC(Cc1c(Br)c(C)nn1C)c1cccc(C)c1Br. The van der Waals surface area contributed by atoms with Crippen LogP contribution in [0.5, 0.6) is 0 Å². The minimum Gasteiger partial charge on any atom is -0.310 e. The summed E-state index contributed by atoms with van der Waals surface area (Å²) in [5.41, 5.74) is 4.80. The van der Waals surface area contributed by atoms with Gasteiger partial charge in [-0.3, -0.25) is 4.68 Å². The summed E-state index contributed by atoms with van der Waals surface area (Å²) >= 11 is 7.40. The Kier molecular flexibility index (Phi) is 5.63. The molecule has 114 valence electrons. The third-order valence-corrected chi connectivity index (χ3v) is 5.82. The number of halogens is 2. The maximum Gasteiger partial charge on any atom is 0.0738 e. The lowest BCUT2D eigenvalue weighted by molar-refractivity contribution is 0.526. The highest BCUT2D eigenvalue weighted by Gasteiger charge is 2.19. The molecule has 1 aromatic carbocycles. The van der Waals surface area contributed by atoms with Gasteiger partial charge < -0.3 is 5.32 Å². The van der Waals surface area contributed by atoms with Gasteiger partial charge in [-0.25, -0.2) is 0 Å². The summed E-state index contributed by atoms with van der Waals surface area (Å²) in [4.78, 5) is 0. The van der Waals surface area contributed by atoms with Crippen LogP contribution in [-0.2, 0) is 13.5 Å². The zero-order valence-corrected chi connectivity index (χ0v) is 16.0. The quantitative estimate of drug-likeness (QED) is 0.782. The topological polar surface area (TPSA) is 29.9 Å².